The van der Waals surface area contributed by atoms with Crippen LogP contribution < -0.4 is 5.73 Å². The lowest BCUT2D eigenvalue weighted by atomic mass is 9.77. The molecule has 102 valence electrons. The summed E-state index contributed by atoms with van der Waals surface area (Å²) in [6, 6.07) is 0. The van der Waals surface area contributed by atoms with E-state index in [4.69, 9.17) is 15.7 Å². The first-order chi connectivity index (χ1) is 8.60. The molecule has 2 fully saturated rings. The summed E-state index contributed by atoms with van der Waals surface area (Å²) < 4.78 is 5.24. The Balaban J connectivity index is 2.21. The van der Waals surface area contributed by atoms with Crippen LogP contribution in [0.1, 0.15) is 19.3 Å². The molecule has 4 N–H and O–H groups in total. The zero-order valence-electron chi connectivity index (χ0n) is 10.2. The van der Waals surface area contributed by atoms with E-state index in [-0.39, 0.29) is 11.7 Å². The Morgan fingerprint density at radius 2 is 2.11 bits per heavy atom. The van der Waals surface area contributed by atoms with E-state index in [1.54, 1.807) is 4.90 Å². The highest BCUT2D eigenvalue weighted by atomic mass is 16.5. The number of amides is 1. The van der Waals surface area contributed by atoms with Gasteiger partial charge in [0.15, 0.2) is 5.84 Å². The van der Waals surface area contributed by atoms with Gasteiger partial charge in [-0.05, 0) is 19.3 Å². The van der Waals surface area contributed by atoms with E-state index < -0.39 is 11.5 Å². The summed E-state index contributed by atoms with van der Waals surface area (Å²) in [7, 11) is 0. The molecule has 0 bridgehead atoms. The van der Waals surface area contributed by atoms with Crippen LogP contribution in [-0.2, 0) is 9.53 Å². The average molecular weight is 257 g/mol. The van der Waals surface area contributed by atoms with Gasteiger partial charge < -0.3 is 25.7 Å². The zero-order valence-corrected chi connectivity index (χ0v) is 10.2. The minimum atomic E-state index is -0.975. The van der Waals surface area contributed by atoms with Crippen LogP contribution in [0.15, 0.2) is 5.16 Å². The Morgan fingerprint density at radius 3 is 2.61 bits per heavy atom. The van der Waals surface area contributed by atoms with Crippen molar-refractivity contribution in [2.75, 3.05) is 26.3 Å². The van der Waals surface area contributed by atoms with E-state index in [9.17, 15) is 9.90 Å². The second kappa shape index (κ2) is 5.11. The summed E-state index contributed by atoms with van der Waals surface area (Å²) in [6.07, 6.45) is 0.926. The monoisotopic (exact) mass is 257 g/mol. The van der Waals surface area contributed by atoms with Crippen LogP contribution in [0, 0.1) is 5.41 Å². The summed E-state index contributed by atoms with van der Waals surface area (Å²) in [5.41, 5.74) is 4.75. The number of nitrogens with two attached hydrogens (primary N) is 1. The third-order valence-electron chi connectivity index (χ3n) is 3.80. The fraction of sp³-hybridized carbons (Fsp3) is 0.818. The van der Waals surface area contributed by atoms with E-state index in [0.29, 0.717) is 45.6 Å². The third-order valence-corrected chi connectivity index (χ3v) is 3.80. The predicted octanol–water partition coefficient (Wildman–Crippen LogP) is -0.877. The van der Waals surface area contributed by atoms with Gasteiger partial charge in [-0.15, -0.1) is 0 Å². The average Bonchev–Trinajstić information content (AvgIpc) is 2.84. The maximum atomic E-state index is 12.6. The summed E-state index contributed by atoms with van der Waals surface area (Å²) in [5, 5.41) is 21.4. The minimum absolute atomic E-state index is 0.0582. The third kappa shape index (κ3) is 2.15. The molecule has 0 aromatic heterocycles. The topological polar surface area (TPSA) is 108 Å². The van der Waals surface area contributed by atoms with Crippen LogP contribution in [0.2, 0.25) is 0 Å². The molecule has 2 rings (SSSR count). The number of ether oxygens (including phenoxy) is 1. The van der Waals surface area contributed by atoms with Crippen LogP contribution in [0.25, 0.3) is 0 Å². The van der Waals surface area contributed by atoms with Crippen molar-refractivity contribution >= 4 is 11.7 Å². The van der Waals surface area contributed by atoms with E-state index in [1.165, 1.54) is 0 Å². The highest BCUT2D eigenvalue weighted by molar-refractivity contribution is 6.06. The Labute approximate surface area is 105 Å². The normalized spacial score (nSPS) is 28.4. The number of rotatable bonds is 2. The number of β-amino-alcohol motifs (C(OH)–C–C–N with tert-alkyl or cyclic N) is 1. The summed E-state index contributed by atoms with van der Waals surface area (Å²) in [6.45, 7) is 1.66. The summed E-state index contributed by atoms with van der Waals surface area (Å²) in [4.78, 5) is 14.1. The van der Waals surface area contributed by atoms with Crippen molar-refractivity contribution in [3.05, 3.63) is 0 Å². The Bertz CT molecular complexity index is 352. The number of aliphatic hydroxyl groups excluding tert-OH is 1. The van der Waals surface area contributed by atoms with Crippen molar-refractivity contribution in [1.82, 2.24) is 4.90 Å². The van der Waals surface area contributed by atoms with Gasteiger partial charge in [0.25, 0.3) is 0 Å². The van der Waals surface area contributed by atoms with Crippen LogP contribution in [0.5, 0.6) is 0 Å². The smallest absolute Gasteiger partial charge is 0.236 e. The lowest BCUT2D eigenvalue weighted by Crippen LogP contribution is -2.53. The van der Waals surface area contributed by atoms with Gasteiger partial charge in [-0.2, -0.15) is 0 Å². The molecule has 18 heavy (non-hydrogen) atoms. The molecule has 1 amide bonds. The van der Waals surface area contributed by atoms with Gasteiger partial charge in [-0.1, -0.05) is 5.16 Å². The molecule has 2 saturated heterocycles. The first-order valence-corrected chi connectivity index (χ1v) is 6.13. The molecule has 0 radical (unpaired) electrons. The number of oxime groups is 1. The van der Waals surface area contributed by atoms with Crippen molar-refractivity contribution in [2.24, 2.45) is 16.3 Å². The second-order valence-corrected chi connectivity index (χ2v) is 4.87. The standard InChI is InChI=1S/C11H19N3O4/c12-9(13-17)11(2-5-18-6-3-11)10(16)14-4-1-8(15)7-14/h8,15,17H,1-7H2,(H2,12,13). The van der Waals surface area contributed by atoms with E-state index in [2.05, 4.69) is 5.16 Å². The SMILES string of the molecule is NC(=NO)C1(C(=O)N2CCC(O)C2)CCOCC1. The number of hydrogen-bond acceptors (Lipinski definition) is 5. The maximum Gasteiger partial charge on any atom is 0.236 e. The molecule has 7 nitrogen and oxygen atoms in total. The first-order valence-electron chi connectivity index (χ1n) is 6.13. The van der Waals surface area contributed by atoms with E-state index >= 15 is 0 Å². The molecule has 0 aromatic rings. The molecule has 2 aliphatic rings. The van der Waals surface area contributed by atoms with Gasteiger partial charge >= 0.3 is 0 Å². The van der Waals surface area contributed by atoms with Crippen LogP contribution in [0.3, 0.4) is 0 Å². The molecule has 0 aromatic carbocycles. The fourth-order valence-electron chi connectivity index (χ4n) is 2.62. The molecular formula is C11H19N3O4. The summed E-state index contributed by atoms with van der Waals surface area (Å²) in [5.74, 6) is -0.227. The molecule has 7 heteroatoms. The molecule has 0 spiro atoms. The van der Waals surface area contributed by atoms with Crippen molar-refractivity contribution in [1.29, 1.82) is 0 Å². The number of likely N-dealkylation sites (tertiary alicyclic amines) is 1. The molecule has 1 atom stereocenters. The maximum absolute atomic E-state index is 12.6. The Kier molecular flexibility index (Phi) is 3.72. The molecule has 1 unspecified atom stereocenters. The second-order valence-electron chi connectivity index (χ2n) is 4.87. The molecule has 2 heterocycles. The number of nitrogens with zero attached hydrogens (tertiary/aromatic N) is 2. The van der Waals surface area contributed by atoms with Gasteiger partial charge in [0.2, 0.25) is 5.91 Å². The van der Waals surface area contributed by atoms with Gasteiger partial charge in [0, 0.05) is 26.3 Å². The lowest BCUT2D eigenvalue weighted by molar-refractivity contribution is -0.141. The van der Waals surface area contributed by atoms with E-state index in [1.807, 2.05) is 0 Å². The summed E-state index contributed by atoms with van der Waals surface area (Å²) >= 11 is 0. The van der Waals surface area contributed by atoms with Crippen molar-refractivity contribution in [3.63, 3.8) is 0 Å². The zero-order chi connectivity index (χ0) is 13.2. The number of carbonyl (C=O) groups excluding carboxylic acids is 1. The van der Waals surface area contributed by atoms with Crippen molar-refractivity contribution in [2.45, 2.75) is 25.4 Å². The van der Waals surface area contributed by atoms with Gasteiger partial charge in [0.05, 0.1) is 6.10 Å². The molecule has 0 saturated carbocycles. The fourth-order valence-corrected chi connectivity index (χ4v) is 2.62. The number of amidine groups is 1. The van der Waals surface area contributed by atoms with Crippen molar-refractivity contribution in [3.8, 4) is 0 Å². The van der Waals surface area contributed by atoms with Gasteiger partial charge in [-0.25, -0.2) is 0 Å². The first kappa shape index (κ1) is 13.1. The lowest BCUT2D eigenvalue weighted by Gasteiger charge is -2.37. The number of hydrogen-bond donors (Lipinski definition) is 3. The largest absolute Gasteiger partial charge is 0.409 e. The van der Waals surface area contributed by atoms with Crippen LogP contribution >= 0.6 is 0 Å². The Hall–Kier alpha value is -1.34. The molecular weight excluding hydrogens is 238 g/mol. The van der Waals surface area contributed by atoms with Crippen LogP contribution in [0.4, 0.5) is 0 Å². The Morgan fingerprint density at radius 1 is 1.44 bits per heavy atom. The van der Waals surface area contributed by atoms with Crippen molar-refractivity contribution < 1.29 is 19.8 Å². The predicted molar refractivity (Wildman–Crippen MR) is 63.1 cm³/mol. The highest BCUT2D eigenvalue weighted by Crippen LogP contribution is 2.34. The number of aliphatic hydroxyl groups is 1. The van der Waals surface area contributed by atoms with Gasteiger partial charge in [-0.3, -0.25) is 4.79 Å². The van der Waals surface area contributed by atoms with E-state index in [0.717, 1.165) is 0 Å². The highest BCUT2D eigenvalue weighted by Gasteiger charge is 2.47. The quantitative estimate of drug-likeness (QED) is 0.258. The van der Waals surface area contributed by atoms with Crippen LogP contribution in [-0.4, -0.2) is 59.4 Å². The van der Waals surface area contributed by atoms with Gasteiger partial charge in [0.1, 0.15) is 5.41 Å². The minimum Gasteiger partial charge on any atom is -0.409 e. The molecule has 2 aliphatic heterocycles. The number of carbonyl (C=O) groups is 1. The molecule has 0 aliphatic carbocycles.